The van der Waals surface area contributed by atoms with Gasteiger partial charge in [0.1, 0.15) is 17.7 Å². The summed E-state index contributed by atoms with van der Waals surface area (Å²) < 4.78 is 13.3. The molecule has 1 aromatic carbocycles. The van der Waals surface area contributed by atoms with Crippen LogP contribution >= 0.6 is 22.7 Å². The Hall–Kier alpha value is -1.67. The number of thiophene rings is 2. The lowest BCUT2D eigenvalue weighted by Crippen LogP contribution is -3.00. The number of carbonyl (C=O) groups excluding carboxylic acids is 1. The van der Waals surface area contributed by atoms with Crippen LogP contribution in [0.15, 0.2) is 65.4 Å². The summed E-state index contributed by atoms with van der Waals surface area (Å²) in [6.45, 7) is 7.16. The molecule has 3 aliphatic heterocycles. The molecule has 3 aromatic rings. The van der Waals surface area contributed by atoms with Crippen LogP contribution in [0.1, 0.15) is 35.9 Å². The molecule has 6 rings (SSSR count). The monoisotopic (exact) mass is 561 g/mol. The molecular formula is C27H32BrNO3S2. The van der Waals surface area contributed by atoms with Crippen LogP contribution < -0.4 is 21.7 Å². The summed E-state index contributed by atoms with van der Waals surface area (Å²) in [5.74, 6) is 1.32. The van der Waals surface area contributed by atoms with Crippen molar-refractivity contribution in [1.82, 2.24) is 0 Å². The number of quaternary nitrogens is 1. The fraction of sp³-hybridized carbons (Fsp3) is 0.444. The van der Waals surface area contributed by atoms with Crippen molar-refractivity contribution in [1.29, 1.82) is 0 Å². The highest BCUT2D eigenvalue weighted by Crippen LogP contribution is 2.41. The van der Waals surface area contributed by atoms with Gasteiger partial charge in [-0.1, -0.05) is 30.3 Å². The average Bonchev–Trinajstić information content (AvgIpc) is 3.58. The summed E-state index contributed by atoms with van der Waals surface area (Å²) in [4.78, 5) is 15.8. The summed E-state index contributed by atoms with van der Waals surface area (Å²) >= 11 is 3.27. The van der Waals surface area contributed by atoms with E-state index in [4.69, 9.17) is 9.47 Å². The number of piperidine rings is 3. The van der Waals surface area contributed by atoms with Gasteiger partial charge in [-0.15, -0.1) is 22.7 Å². The third kappa shape index (κ3) is 5.13. The first kappa shape index (κ1) is 25.4. The van der Waals surface area contributed by atoms with E-state index in [0.717, 1.165) is 58.9 Å². The van der Waals surface area contributed by atoms with Gasteiger partial charge < -0.3 is 30.9 Å². The van der Waals surface area contributed by atoms with Crippen LogP contribution in [0.4, 0.5) is 0 Å². The van der Waals surface area contributed by atoms with Crippen molar-refractivity contribution >= 4 is 28.6 Å². The number of nitrogens with zero attached hydrogens (tertiary/aromatic N) is 1. The summed E-state index contributed by atoms with van der Waals surface area (Å²) in [6.07, 6.45) is 3.31. The molecular weight excluding hydrogens is 530 g/mol. The molecule has 0 spiro atoms. The minimum Gasteiger partial charge on any atom is -1.00 e. The van der Waals surface area contributed by atoms with Crippen molar-refractivity contribution in [2.45, 2.75) is 37.7 Å². The van der Waals surface area contributed by atoms with E-state index < -0.39 is 5.41 Å². The topological polar surface area (TPSA) is 35.5 Å². The predicted octanol–water partition coefficient (Wildman–Crippen LogP) is 2.74. The van der Waals surface area contributed by atoms with Gasteiger partial charge in [0.15, 0.2) is 6.10 Å². The Kier molecular flexibility index (Phi) is 8.18. The van der Waals surface area contributed by atoms with Crippen LogP contribution in [0.3, 0.4) is 0 Å². The van der Waals surface area contributed by atoms with E-state index in [-0.39, 0.29) is 29.1 Å². The number of esters is 1. The molecule has 0 N–H and O–H groups in total. The molecule has 5 heterocycles. The zero-order valence-corrected chi connectivity index (χ0v) is 22.7. The molecule has 0 amide bonds. The first-order valence-electron chi connectivity index (χ1n) is 11.9. The van der Waals surface area contributed by atoms with E-state index in [1.165, 1.54) is 13.1 Å². The predicted molar refractivity (Wildman–Crippen MR) is 134 cm³/mol. The number of benzene rings is 1. The summed E-state index contributed by atoms with van der Waals surface area (Å²) in [5, 5.41) is 4.08. The molecule has 34 heavy (non-hydrogen) atoms. The minimum absolute atomic E-state index is 0. The van der Waals surface area contributed by atoms with Gasteiger partial charge in [-0.05, 0) is 41.9 Å². The minimum atomic E-state index is -0.733. The van der Waals surface area contributed by atoms with Crippen molar-refractivity contribution in [3.05, 3.63) is 75.1 Å². The van der Waals surface area contributed by atoms with Crippen LogP contribution in [0.2, 0.25) is 0 Å². The molecule has 3 fully saturated rings. The second kappa shape index (κ2) is 10.9. The van der Waals surface area contributed by atoms with E-state index in [2.05, 4.69) is 12.1 Å². The Morgan fingerprint density at radius 1 is 1.00 bits per heavy atom. The van der Waals surface area contributed by atoms with Gasteiger partial charge in [-0.3, -0.25) is 4.79 Å². The highest BCUT2D eigenvalue weighted by Gasteiger charge is 2.50. The van der Waals surface area contributed by atoms with Crippen LogP contribution in [0, 0.1) is 5.92 Å². The van der Waals surface area contributed by atoms with Gasteiger partial charge >= 0.3 is 5.97 Å². The lowest BCUT2D eigenvalue weighted by atomic mass is 9.82. The maximum absolute atomic E-state index is 13.7. The number of carbonyl (C=O) groups is 1. The van der Waals surface area contributed by atoms with E-state index in [0.29, 0.717) is 5.92 Å². The highest BCUT2D eigenvalue weighted by atomic mass is 79.9. The van der Waals surface area contributed by atoms with E-state index in [9.17, 15) is 4.79 Å². The first-order chi connectivity index (χ1) is 16.1. The molecule has 2 aromatic heterocycles. The van der Waals surface area contributed by atoms with Crippen molar-refractivity contribution < 1.29 is 35.7 Å². The van der Waals surface area contributed by atoms with Gasteiger partial charge in [0, 0.05) is 34.9 Å². The maximum atomic E-state index is 13.7. The number of halogens is 1. The van der Waals surface area contributed by atoms with Gasteiger partial charge in [-0.25, -0.2) is 0 Å². The van der Waals surface area contributed by atoms with Crippen LogP contribution in [-0.4, -0.2) is 49.3 Å². The quantitative estimate of drug-likeness (QED) is 0.229. The first-order valence-corrected chi connectivity index (χ1v) is 13.7. The second-order valence-corrected chi connectivity index (χ2v) is 11.5. The van der Waals surface area contributed by atoms with Crippen LogP contribution in [0.25, 0.3) is 0 Å². The summed E-state index contributed by atoms with van der Waals surface area (Å²) in [6, 6.07) is 18.2. The van der Waals surface area contributed by atoms with Gasteiger partial charge in [0.2, 0.25) is 0 Å². The highest BCUT2D eigenvalue weighted by molar-refractivity contribution is 7.12. The number of rotatable bonds is 9. The third-order valence-electron chi connectivity index (χ3n) is 7.52. The van der Waals surface area contributed by atoms with Gasteiger partial charge in [0.25, 0.3) is 0 Å². The fourth-order valence-electron chi connectivity index (χ4n) is 5.48. The van der Waals surface area contributed by atoms with Crippen molar-refractivity contribution in [3.63, 3.8) is 0 Å². The van der Waals surface area contributed by atoms with Gasteiger partial charge in [0.05, 0.1) is 26.2 Å². The third-order valence-corrected chi connectivity index (χ3v) is 9.71. The lowest BCUT2D eigenvalue weighted by molar-refractivity contribution is -0.946. The number of ether oxygens (including phenoxy) is 2. The number of hydrogen-bond donors (Lipinski definition) is 0. The maximum Gasteiger partial charge on any atom is 0.322 e. The van der Waals surface area contributed by atoms with Crippen LogP contribution in [-0.2, 0) is 14.9 Å². The molecule has 2 bridgehead atoms. The van der Waals surface area contributed by atoms with E-state index in [1.54, 1.807) is 22.7 Å². The van der Waals surface area contributed by atoms with Crippen molar-refractivity contribution in [3.8, 4) is 5.75 Å². The Balaban J connectivity index is 0.00000274. The summed E-state index contributed by atoms with van der Waals surface area (Å²) in [7, 11) is 0. The largest absolute Gasteiger partial charge is 1.00 e. The molecule has 0 aliphatic carbocycles. The molecule has 3 aliphatic rings. The number of para-hydroxylation sites is 1. The Labute approximate surface area is 220 Å². The molecule has 1 atom stereocenters. The van der Waals surface area contributed by atoms with Crippen molar-refractivity contribution in [2.75, 3.05) is 32.8 Å². The normalized spacial score (nSPS) is 23.8. The molecule has 3 saturated heterocycles. The molecule has 0 unspecified atom stereocenters. The molecule has 4 nitrogen and oxygen atoms in total. The van der Waals surface area contributed by atoms with E-state index in [1.807, 2.05) is 60.1 Å². The zero-order valence-electron chi connectivity index (χ0n) is 19.5. The zero-order chi connectivity index (χ0) is 22.7. The fourth-order valence-corrected chi connectivity index (χ4v) is 7.32. The molecule has 182 valence electrons. The molecule has 0 saturated carbocycles. The number of fused-ring (bicyclic) bond motifs is 3. The van der Waals surface area contributed by atoms with Crippen LogP contribution in [0.5, 0.6) is 5.75 Å². The second-order valence-electron chi connectivity index (χ2n) is 9.57. The standard InChI is InChI=1S/C27H32NO3S2.BrH/c1-27(24-10-5-18-32-24,25-11-6-19-33-25)26(29)31-23-20-28(15-12-21(23)13-16-28)14-7-17-30-22-8-3-2-4-9-22;/h2-6,8-11,18-19,21,23H,7,12-17,20H2,1H3;1H/q+1;/p-1/t21?,23-,28?;/m0./s1. The average molecular weight is 563 g/mol. The summed E-state index contributed by atoms with van der Waals surface area (Å²) in [5.41, 5.74) is -0.733. The lowest BCUT2D eigenvalue weighted by Gasteiger charge is -2.52. The number of hydrogen-bond acceptors (Lipinski definition) is 5. The Morgan fingerprint density at radius 2 is 1.65 bits per heavy atom. The Morgan fingerprint density at radius 3 is 2.24 bits per heavy atom. The molecule has 0 radical (unpaired) electrons. The smallest absolute Gasteiger partial charge is 0.322 e. The Bertz CT molecular complexity index is 997. The SMILES string of the molecule is CC(C(=O)O[C@H]1C[N+]2(CCCOc3ccccc3)CCC1CC2)(c1cccs1)c1cccs1.[Br-]. The van der Waals surface area contributed by atoms with Crippen molar-refractivity contribution in [2.24, 2.45) is 5.92 Å². The van der Waals surface area contributed by atoms with E-state index >= 15 is 0 Å². The van der Waals surface area contributed by atoms with Gasteiger partial charge in [-0.2, -0.15) is 0 Å². The molecule has 7 heteroatoms.